The van der Waals surface area contributed by atoms with Crippen LogP contribution >= 0.6 is 0 Å². The number of likely N-dealkylation sites (tertiary alicyclic amines) is 1. The lowest BCUT2D eigenvalue weighted by Crippen LogP contribution is -2.37. The van der Waals surface area contributed by atoms with Crippen LogP contribution in [0.3, 0.4) is 0 Å². The molecule has 144 valence electrons. The number of rotatable bonds is 8. The molecule has 1 heterocycles. The van der Waals surface area contributed by atoms with Gasteiger partial charge in [0, 0.05) is 6.54 Å². The fourth-order valence-corrected chi connectivity index (χ4v) is 3.54. The number of benzene rings is 2. The highest BCUT2D eigenvalue weighted by atomic mass is 16.5. The van der Waals surface area contributed by atoms with Crippen LogP contribution in [0.5, 0.6) is 11.5 Å². The minimum absolute atomic E-state index is 0.0397. The molecule has 0 radical (unpaired) electrons. The Hall–Kier alpha value is -2.53. The monoisotopic (exact) mass is 368 g/mol. The van der Waals surface area contributed by atoms with Crippen molar-refractivity contribution >= 4 is 5.91 Å². The fraction of sp³-hybridized carbons (Fsp3) is 0.409. The molecule has 27 heavy (non-hydrogen) atoms. The van der Waals surface area contributed by atoms with Gasteiger partial charge < -0.3 is 14.8 Å². The Bertz CT molecular complexity index is 722. The highest BCUT2D eigenvalue weighted by Crippen LogP contribution is 2.26. The summed E-state index contributed by atoms with van der Waals surface area (Å²) in [6.45, 7) is 2.76. The first-order valence-corrected chi connectivity index (χ1v) is 9.47. The van der Waals surface area contributed by atoms with Crippen molar-refractivity contribution in [2.45, 2.75) is 25.3 Å². The molecule has 1 fully saturated rings. The van der Waals surface area contributed by atoms with E-state index in [0.29, 0.717) is 13.0 Å². The van der Waals surface area contributed by atoms with Gasteiger partial charge in [-0.1, -0.05) is 24.3 Å². The fourth-order valence-electron chi connectivity index (χ4n) is 3.54. The number of hydrogen-bond donors (Lipinski definition) is 1. The van der Waals surface area contributed by atoms with E-state index in [-0.39, 0.29) is 11.9 Å². The van der Waals surface area contributed by atoms with Crippen molar-refractivity contribution in [2.75, 3.05) is 33.9 Å². The van der Waals surface area contributed by atoms with Gasteiger partial charge in [-0.15, -0.1) is 0 Å². The highest BCUT2D eigenvalue weighted by molar-refractivity contribution is 5.78. The van der Waals surface area contributed by atoms with Gasteiger partial charge in [-0.3, -0.25) is 9.69 Å². The van der Waals surface area contributed by atoms with Gasteiger partial charge in [0.15, 0.2) is 0 Å². The van der Waals surface area contributed by atoms with Gasteiger partial charge >= 0.3 is 0 Å². The van der Waals surface area contributed by atoms with E-state index in [4.69, 9.17) is 9.47 Å². The quantitative estimate of drug-likeness (QED) is 0.777. The normalized spacial score (nSPS) is 15.3. The molecular formula is C22H28N2O3. The van der Waals surface area contributed by atoms with Crippen LogP contribution in [0, 0.1) is 0 Å². The van der Waals surface area contributed by atoms with Gasteiger partial charge in [0.25, 0.3) is 0 Å². The summed E-state index contributed by atoms with van der Waals surface area (Å²) in [5.74, 6) is 1.69. The van der Waals surface area contributed by atoms with Crippen molar-refractivity contribution in [1.29, 1.82) is 0 Å². The number of nitrogens with one attached hydrogen (secondary N) is 1. The lowest BCUT2D eigenvalue weighted by Gasteiger charge is -2.28. The van der Waals surface area contributed by atoms with Crippen LogP contribution in [0.25, 0.3) is 0 Å². The Balaban J connectivity index is 1.61. The van der Waals surface area contributed by atoms with Crippen LogP contribution in [0.15, 0.2) is 48.5 Å². The predicted octanol–water partition coefficient (Wildman–Crippen LogP) is 3.20. The molecule has 1 N–H and O–H groups in total. The molecule has 1 unspecified atom stereocenters. The summed E-state index contributed by atoms with van der Waals surface area (Å²) >= 11 is 0. The third-order valence-corrected chi connectivity index (χ3v) is 5.10. The lowest BCUT2D eigenvalue weighted by molar-refractivity contribution is -0.120. The van der Waals surface area contributed by atoms with E-state index < -0.39 is 0 Å². The number of carbonyl (C=O) groups excluding carboxylic acids is 1. The van der Waals surface area contributed by atoms with Gasteiger partial charge in [0.1, 0.15) is 11.5 Å². The molecule has 0 aromatic heterocycles. The maximum Gasteiger partial charge on any atom is 0.224 e. The van der Waals surface area contributed by atoms with E-state index in [9.17, 15) is 4.79 Å². The minimum Gasteiger partial charge on any atom is -0.497 e. The van der Waals surface area contributed by atoms with Crippen LogP contribution in [-0.2, 0) is 11.2 Å². The summed E-state index contributed by atoms with van der Waals surface area (Å²) in [6.07, 6.45) is 2.80. The second-order valence-corrected chi connectivity index (χ2v) is 6.86. The van der Waals surface area contributed by atoms with E-state index in [1.54, 1.807) is 14.2 Å². The number of nitrogens with zero attached hydrogens (tertiary/aromatic N) is 1. The van der Waals surface area contributed by atoms with E-state index in [2.05, 4.69) is 22.3 Å². The molecule has 1 aliphatic heterocycles. The summed E-state index contributed by atoms with van der Waals surface area (Å²) in [5, 5.41) is 3.12. The van der Waals surface area contributed by atoms with Gasteiger partial charge in [0.05, 0.1) is 26.7 Å². The summed E-state index contributed by atoms with van der Waals surface area (Å²) in [6, 6.07) is 16.0. The van der Waals surface area contributed by atoms with Gasteiger partial charge in [-0.25, -0.2) is 0 Å². The SMILES string of the molecule is COc1ccc(CC(=O)NCC(c2ccc(OC)cc2)N2CCCC2)cc1. The second-order valence-electron chi connectivity index (χ2n) is 6.86. The van der Waals surface area contributed by atoms with Crippen molar-refractivity contribution < 1.29 is 14.3 Å². The first kappa shape index (κ1) is 19.2. The van der Waals surface area contributed by atoms with Crippen LogP contribution in [0.4, 0.5) is 0 Å². The van der Waals surface area contributed by atoms with Crippen molar-refractivity contribution in [2.24, 2.45) is 0 Å². The summed E-state index contributed by atoms with van der Waals surface area (Å²) < 4.78 is 10.4. The van der Waals surface area contributed by atoms with E-state index in [1.165, 1.54) is 18.4 Å². The molecule has 0 bridgehead atoms. The number of ether oxygens (including phenoxy) is 2. The van der Waals surface area contributed by atoms with Crippen molar-refractivity contribution in [3.8, 4) is 11.5 Å². The van der Waals surface area contributed by atoms with Crippen LogP contribution in [0.1, 0.15) is 30.0 Å². The molecule has 2 aromatic rings. The van der Waals surface area contributed by atoms with E-state index in [1.807, 2.05) is 36.4 Å². The number of carbonyl (C=O) groups is 1. The van der Waals surface area contributed by atoms with Crippen LogP contribution < -0.4 is 14.8 Å². The first-order chi connectivity index (χ1) is 13.2. The molecule has 5 nitrogen and oxygen atoms in total. The molecule has 2 aromatic carbocycles. The van der Waals surface area contributed by atoms with E-state index in [0.717, 1.165) is 30.2 Å². The molecule has 0 aliphatic carbocycles. The molecule has 1 aliphatic rings. The maximum absolute atomic E-state index is 12.4. The largest absolute Gasteiger partial charge is 0.497 e. The number of hydrogen-bond acceptors (Lipinski definition) is 4. The third kappa shape index (κ3) is 5.23. The number of methoxy groups -OCH3 is 2. The van der Waals surface area contributed by atoms with Gasteiger partial charge in [0.2, 0.25) is 5.91 Å². The third-order valence-electron chi connectivity index (χ3n) is 5.10. The summed E-state index contributed by atoms with van der Waals surface area (Å²) in [5.41, 5.74) is 2.19. The first-order valence-electron chi connectivity index (χ1n) is 9.47. The maximum atomic E-state index is 12.4. The van der Waals surface area contributed by atoms with Gasteiger partial charge in [-0.05, 0) is 61.3 Å². The molecule has 0 saturated carbocycles. The predicted molar refractivity (Wildman–Crippen MR) is 106 cm³/mol. The van der Waals surface area contributed by atoms with Crippen molar-refractivity contribution in [3.05, 3.63) is 59.7 Å². The highest BCUT2D eigenvalue weighted by Gasteiger charge is 2.24. The Morgan fingerprint density at radius 1 is 0.963 bits per heavy atom. The zero-order valence-electron chi connectivity index (χ0n) is 16.1. The van der Waals surface area contributed by atoms with Crippen molar-refractivity contribution in [1.82, 2.24) is 10.2 Å². The van der Waals surface area contributed by atoms with Crippen LogP contribution in [-0.4, -0.2) is 44.7 Å². The molecule has 1 atom stereocenters. The molecule has 1 saturated heterocycles. The van der Waals surface area contributed by atoms with E-state index >= 15 is 0 Å². The Morgan fingerprint density at radius 3 is 2.07 bits per heavy atom. The lowest BCUT2D eigenvalue weighted by atomic mass is 10.0. The van der Waals surface area contributed by atoms with Crippen LogP contribution in [0.2, 0.25) is 0 Å². The molecule has 5 heteroatoms. The topological polar surface area (TPSA) is 50.8 Å². The second kappa shape index (κ2) is 9.42. The average Bonchev–Trinajstić information content (AvgIpc) is 3.24. The van der Waals surface area contributed by atoms with Crippen molar-refractivity contribution in [3.63, 3.8) is 0 Å². The summed E-state index contributed by atoms with van der Waals surface area (Å²) in [4.78, 5) is 14.9. The van der Waals surface area contributed by atoms with Gasteiger partial charge in [-0.2, -0.15) is 0 Å². The Labute approximate surface area is 161 Å². The number of amides is 1. The zero-order chi connectivity index (χ0) is 19.1. The standard InChI is InChI=1S/C22H28N2O3/c1-26-19-9-5-17(6-10-19)15-22(25)23-16-21(24-13-3-4-14-24)18-7-11-20(27-2)12-8-18/h5-12,21H,3-4,13-16H2,1-2H3,(H,23,25). The minimum atomic E-state index is 0.0397. The smallest absolute Gasteiger partial charge is 0.224 e. The molecular weight excluding hydrogens is 340 g/mol. The average molecular weight is 368 g/mol. The molecule has 3 rings (SSSR count). The zero-order valence-corrected chi connectivity index (χ0v) is 16.1. The Morgan fingerprint density at radius 2 is 1.52 bits per heavy atom. The molecule has 0 spiro atoms. The molecule has 1 amide bonds. The Kier molecular flexibility index (Phi) is 6.71. The summed E-state index contributed by atoms with van der Waals surface area (Å²) in [7, 11) is 3.31.